The largest absolute Gasteiger partial charge is 0.333 e. The van der Waals surface area contributed by atoms with Gasteiger partial charge in [0.2, 0.25) is 0 Å². The molecule has 2 aromatic heterocycles. The summed E-state index contributed by atoms with van der Waals surface area (Å²) < 4.78 is 4.00. The lowest BCUT2D eigenvalue weighted by Gasteiger charge is -2.39. The molecule has 2 unspecified atom stereocenters. The van der Waals surface area contributed by atoms with Crippen LogP contribution in [0, 0.1) is 0 Å². The van der Waals surface area contributed by atoms with Crippen LogP contribution in [0.4, 0.5) is 0 Å². The molecule has 2 saturated heterocycles. The zero-order chi connectivity index (χ0) is 17.5. The number of hydrogen-bond acceptors (Lipinski definition) is 3. The third-order valence-electron chi connectivity index (χ3n) is 5.77. The van der Waals surface area contributed by atoms with E-state index < -0.39 is 0 Å². The normalized spacial score (nSPS) is 24.8. The van der Waals surface area contributed by atoms with Gasteiger partial charge < -0.3 is 9.47 Å². The molecular weight excluding hydrogens is 326 g/mol. The molecule has 0 aliphatic carbocycles. The van der Waals surface area contributed by atoms with Gasteiger partial charge in [0, 0.05) is 41.9 Å². The number of carbonyl (C=O) groups excluding carboxylic acids is 1. The molecule has 2 atom stereocenters. The Kier molecular flexibility index (Phi) is 3.62. The van der Waals surface area contributed by atoms with E-state index in [-0.39, 0.29) is 5.91 Å². The fourth-order valence-corrected chi connectivity index (χ4v) is 4.54. The van der Waals surface area contributed by atoms with Gasteiger partial charge in [0.05, 0.1) is 12.2 Å². The van der Waals surface area contributed by atoms with E-state index in [0.717, 1.165) is 36.9 Å². The number of rotatable bonds is 3. The maximum absolute atomic E-state index is 13.1. The number of benzene rings is 1. The summed E-state index contributed by atoms with van der Waals surface area (Å²) >= 11 is 0. The van der Waals surface area contributed by atoms with Gasteiger partial charge in [0.1, 0.15) is 0 Å². The van der Waals surface area contributed by atoms with E-state index in [1.54, 1.807) is 6.20 Å². The highest BCUT2D eigenvalue weighted by Gasteiger charge is 2.44. The number of fused-ring (bicyclic) bond motifs is 2. The second-order valence-electron chi connectivity index (χ2n) is 7.24. The first-order valence-corrected chi connectivity index (χ1v) is 9.21. The van der Waals surface area contributed by atoms with Crippen molar-refractivity contribution in [2.24, 2.45) is 0 Å². The highest BCUT2D eigenvalue weighted by atomic mass is 16.2. The van der Waals surface area contributed by atoms with Gasteiger partial charge in [-0.05, 0) is 62.1 Å². The van der Waals surface area contributed by atoms with Gasteiger partial charge in [0.15, 0.2) is 0 Å². The smallest absolute Gasteiger partial charge is 0.254 e. The van der Waals surface area contributed by atoms with E-state index in [2.05, 4.69) is 15.2 Å². The third kappa shape index (κ3) is 2.53. The Morgan fingerprint density at radius 3 is 2.23 bits per heavy atom. The number of aromatic nitrogens is 4. The van der Waals surface area contributed by atoms with Crippen LogP contribution in [-0.4, -0.2) is 42.5 Å². The minimum atomic E-state index is 0.161. The number of hydrogen-bond donors (Lipinski definition) is 0. The monoisotopic (exact) mass is 347 g/mol. The van der Waals surface area contributed by atoms with E-state index >= 15 is 0 Å². The molecule has 2 aliphatic heterocycles. The van der Waals surface area contributed by atoms with Crippen molar-refractivity contribution in [1.82, 2.24) is 24.5 Å². The Labute approximate surface area is 152 Å². The van der Waals surface area contributed by atoms with Crippen molar-refractivity contribution in [1.29, 1.82) is 0 Å². The summed E-state index contributed by atoms with van der Waals surface area (Å²) in [6.07, 6.45) is 11.8. The van der Waals surface area contributed by atoms with Crippen LogP contribution in [0.1, 0.15) is 42.1 Å². The molecule has 0 N–H and O–H groups in total. The average Bonchev–Trinajstić information content (AvgIpc) is 3.42. The lowest BCUT2D eigenvalue weighted by atomic mass is 9.96. The van der Waals surface area contributed by atoms with Crippen LogP contribution in [0.5, 0.6) is 0 Å². The van der Waals surface area contributed by atoms with Crippen molar-refractivity contribution < 1.29 is 4.79 Å². The summed E-state index contributed by atoms with van der Waals surface area (Å²) in [6, 6.07) is 12.9. The summed E-state index contributed by atoms with van der Waals surface area (Å²) in [5.41, 5.74) is 1.84. The molecular formula is C20H21N5O. The van der Waals surface area contributed by atoms with Gasteiger partial charge in [0.25, 0.3) is 5.91 Å². The van der Waals surface area contributed by atoms with Crippen LogP contribution in [-0.2, 0) is 0 Å². The first-order chi connectivity index (χ1) is 12.8. The Balaban J connectivity index is 1.35. The molecule has 1 aromatic carbocycles. The Morgan fingerprint density at radius 2 is 1.62 bits per heavy atom. The van der Waals surface area contributed by atoms with Crippen LogP contribution in [0.2, 0.25) is 0 Å². The molecule has 3 aromatic rings. The quantitative estimate of drug-likeness (QED) is 0.732. The van der Waals surface area contributed by atoms with E-state index in [0.29, 0.717) is 18.1 Å². The van der Waals surface area contributed by atoms with Crippen molar-refractivity contribution in [2.45, 2.75) is 43.8 Å². The number of amides is 1. The number of piperidine rings is 1. The van der Waals surface area contributed by atoms with E-state index in [4.69, 9.17) is 0 Å². The van der Waals surface area contributed by atoms with Gasteiger partial charge in [-0.1, -0.05) is 5.21 Å². The molecule has 4 heterocycles. The molecule has 6 nitrogen and oxygen atoms in total. The first-order valence-electron chi connectivity index (χ1n) is 9.21. The van der Waals surface area contributed by atoms with Crippen molar-refractivity contribution in [3.8, 4) is 5.69 Å². The minimum absolute atomic E-state index is 0.161. The molecule has 0 saturated carbocycles. The van der Waals surface area contributed by atoms with E-state index in [9.17, 15) is 4.79 Å². The van der Waals surface area contributed by atoms with Gasteiger partial charge in [-0.15, -0.1) is 5.10 Å². The highest BCUT2D eigenvalue weighted by Crippen LogP contribution is 2.41. The number of nitrogens with zero attached hydrogens (tertiary/aromatic N) is 5. The van der Waals surface area contributed by atoms with Crippen molar-refractivity contribution in [2.75, 3.05) is 0 Å². The molecule has 2 bridgehead atoms. The van der Waals surface area contributed by atoms with Crippen LogP contribution >= 0.6 is 0 Å². The Bertz CT molecular complexity index is 871. The molecule has 2 aliphatic rings. The molecule has 5 rings (SSSR count). The predicted molar refractivity (Wildman–Crippen MR) is 97.0 cm³/mol. The summed E-state index contributed by atoms with van der Waals surface area (Å²) in [4.78, 5) is 15.3. The molecule has 2 fully saturated rings. The lowest BCUT2D eigenvalue weighted by Crippen LogP contribution is -2.47. The Morgan fingerprint density at radius 1 is 0.923 bits per heavy atom. The SMILES string of the molecule is O=C(c1ccc(-n2cccc2)cc1)N1C2CCC1CC(n1ccnn1)C2. The van der Waals surface area contributed by atoms with Gasteiger partial charge >= 0.3 is 0 Å². The molecule has 132 valence electrons. The summed E-state index contributed by atoms with van der Waals surface area (Å²) in [6.45, 7) is 0. The fraction of sp³-hybridized carbons (Fsp3) is 0.350. The molecule has 6 heteroatoms. The highest BCUT2D eigenvalue weighted by molar-refractivity contribution is 5.95. The zero-order valence-corrected chi connectivity index (χ0v) is 14.5. The summed E-state index contributed by atoms with van der Waals surface area (Å²) in [5.74, 6) is 0.161. The maximum atomic E-state index is 13.1. The minimum Gasteiger partial charge on any atom is -0.333 e. The second kappa shape index (κ2) is 6.12. The lowest BCUT2D eigenvalue weighted by molar-refractivity contribution is 0.0523. The van der Waals surface area contributed by atoms with Gasteiger partial charge in [-0.25, -0.2) is 4.68 Å². The second-order valence-corrected chi connectivity index (χ2v) is 7.24. The maximum Gasteiger partial charge on any atom is 0.254 e. The van der Waals surface area contributed by atoms with Crippen molar-refractivity contribution in [3.63, 3.8) is 0 Å². The standard InChI is InChI=1S/C20H21N5O/c26-20(15-3-5-16(6-4-15)23-10-1-2-11-23)25-17-7-8-18(25)14-19(13-17)24-12-9-21-22-24/h1-6,9-12,17-19H,7-8,13-14H2. The van der Waals surface area contributed by atoms with Gasteiger partial charge in [-0.2, -0.15) is 0 Å². The molecule has 0 spiro atoms. The average molecular weight is 347 g/mol. The van der Waals surface area contributed by atoms with Crippen LogP contribution in [0.3, 0.4) is 0 Å². The van der Waals surface area contributed by atoms with Crippen molar-refractivity contribution >= 4 is 5.91 Å². The zero-order valence-electron chi connectivity index (χ0n) is 14.5. The molecule has 0 radical (unpaired) electrons. The van der Waals surface area contributed by atoms with Crippen LogP contribution in [0.15, 0.2) is 61.2 Å². The number of carbonyl (C=O) groups is 1. The predicted octanol–water partition coefficient (Wildman–Crippen LogP) is 3.08. The van der Waals surface area contributed by atoms with E-state index in [1.165, 1.54) is 0 Å². The van der Waals surface area contributed by atoms with Crippen LogP contribution < -0.4 is 0 Å². The molecule has 26 heavy (non-hydrogen) atoms. The molecule has 1 amide bonds. The van der Waals surface area contributed by atoms with Gasteiger partial charge in [-0.3, -0.25) is 4.79 Å². The summed E-state index contributed by atoms with van der Waals surface area (Å²) in [5, 5.41) is 8.09. The fourth-order valence-electron chi connectivity index (χ4n) is 4.54. The summed E-state index contributed by atoms with van der Waals surface area (Å²) in [7, 11) is 0. The Hall–Kier alpha value is -2.89. The van der Waals surface area contributed by atoms with E-state index in [1.807, 2.05) is 64.2 Å². The topological polar surface area (TPSA) is 56.0 Å². The first kappa shape index (κ1) is 15.4. The third-order valence-corrected chi connectivity index (χ3v) is 5.77. The van der Waals surface area contributed by atoms with Crippen LogP contribution in [0.25, 0.3) is 5.69 Å². The van der Waals surface area contributed by atoms with Crippen molar-refractivity contribution in [3.05, 3.63) is 66.7 Å².